The Balaban J connectivity index is 2.78. The van der Waals surface area contributed by atoms with Gasteiger partial charge in [0.25, 0.3) is 0 Å². The van der Waals surface area contributed by atoms with Crippen LogP contribution in [0.2, 0.25) is 0 Å². The number of carbonyl (C=O) groups is 2. The zero-order chi connectivity index (χ0) is 15.6. The van der Waals surface area contributed by atoms with Crippen molar-refractivity contribution < 1.29 is 14.7 Å². The van der Waals surface area contributed by atoms with Crippen LogP contribution in [0.4, 0.5) is 5.69 Å². The van der Waals surface area contributed by atoms with Crippen molar-refractivity contribution in [3.05, 3.63) is 29.8 Å². The van der Waals surface area contributed by atoms with E-state index in [0.717, 1.165) is 0 Å². The molecule has 4 N–H and O–H groups in total. The fourth-order valence-electron chi connectivity index (χ4n) is 1.71. The van der Waals surface area contributed by atoms with Gasteiger partial charge >= 0.3 is 5.97 Å². The summed E-state index contributed by atoms with van der Waals surface area (Å²) in [5.74, 6) is -1.05. The minimum Gasteiger partial charge on any atom is -0.481 e. The van der Waals surface area contributed by atoms with Gasteiger partial charge in [-0.25, -0.2) is 0 Å². The van der Waals surface area contributed by atoms with E-state index < -0.39 is 16.9 Å². The van der Waals surface area contributed by atoms with Crippen molar-refractivity contribution >= 4 is 17.6 Å². The summed E-state index contributed by atoms with van der Waals surface area (Å²) in [6, 6.07) is 6.80. The summed E-state index contributed by atoms with van der Waals surface area (Å²) in [6.45, 7) is 6.84. The third-order valence-corrected chi connectivity index (χ3v) is 3.04. The highest BCUT2D eigenvalue weighted by molar-refractivity contribution is 5.91. The van der Waals surface area contributed by atoms with Gasteiger partial charge in [0.2, 0.25) is 5.91 Å². The Morgan fingerprint density at radius 3 is 2.05 bits per heavy atom. The highest BCUT2D eigenvalue weighted by Crippen LogP contribution is 2.24. The van der Waals surface area contributed by atoms with E-state index in [0.29, 0.717) is 11.3 Å². The summed E-state index contributed by atoms with van der Waals surface area (Å²) in [7, 11) is 0. The van der Waals surface area contributed by atoms with Gasteiger partial charge in [0, 0.05) is 17.6 Å². The number of benzene rings is 1. The van der Waals surface area contributed by atoms with Crippen molar-refractivity contribution in [3.63, 3.8) is 0 Å². The first-order valence-corrected chi connectivity index (χ1v) is 6.45. The molecular formula is C15H22N2O3. The van der Waals surface area contributed by atoms with Crippen LogP contribution >= 0.6 is 0 Å². The monoisotopic (exact) mass is 278 g/mol. The molecule has 0 bridgehead atoms. The van der Waals surface area contributed by atoms with E-state index in [9.17, 15) is 9.59 Å². The van der Waals surface area contributed by atoms with Gasteiger partial charge in [-0.2, -0.15) is 0 Å². The zero-order valence-electron chi connectivity index (χ0n) is 12.4. The minimum atomic E-state index is -0.957. The molecular weight excluding hydrogens is 256 g/mol. The SMILES string of the molecule is CC(C)(N)CC(=O)Nc1ccc(C(C)(C)C(=O)O)cc1. The minimum absolute atomic E-state index is 0.164. The second-order valence-corrected chi connectivity index (χ2v) is 6.22. The first kappa shape index (κ1) is 16.2. The number of anilines is 1. The molecule has 0 fully saturated rings. The van der Waals surface area contributed by atoms with Crippen LogP contribution in [-0.2, 0) is 15.0 Å². The number of carboxylic acids is 1. The molecule has 0 saturated carbocycles. The van der Waals surface area contributed by atoms with Crippen LogP contribution in [0.25, 0.3) is 0 Å². The molecule has 1 aromatic rings. The molecule has 0 aliphatic rings. The predicted octanol–water partition coefficient (Wildman–Crippen LogP) is 2.11. The van der Waals surface area contributed by atoms with Gasteiger partial charge < -0.3 is 16.2 Å². The Morgan fingerprint density at radius 1 is 1.15 bits per heavy atom. The second kappa shape index (κ2) is 5.63. The molecule has 1 aromatic carbocycles. The largest absolute Gasteiger partial charge is 0.481 e. The quantitative estimate of drug-likeness (QED) is 0.769. The Kier molecular flexibility index (Phi) is 4.55. The Labute approximate surface area is 119 Å². The van der Waals surface area contributed by atoms with Crippen molar-refractivity contribution in [2.24, 2.45) is 5.73 Å². The molecule has 0 unspecified atom stereocenters. The summed E-state index contributed by atoms with van der Waals surface area (Å²) in [5, 5.41) is 11.9. The third kappa shape index (κ3) is 4.35. The molecule has 0 aliphatic carbocycles. The molecule has 0 radical (unpaired) electrons. The number of aliphatic carboxylic acids is 1. The maximum absolute atomic E-state index is 11.7. The lowest BCUT2D eigenvalue weighted by Crippen LogP contribution is -2.36. The van der Waals surface area contributed by atoms with E-state index in [1.807, 2.05) is 0 Å². The van der Waals surface area contributed by atoms with Crippen LogP contribution in [0.15, 0.2) is 24.3 Å². The number of carboxylic acid groups (broad SMARTS) is 1. The summed E-state index contributed by atoms with van der Waals surface area (Å²) in [5.41, 5.74) is 5.57. The number of carbonyl (C=O) groups excluding carboxylic acids is 1. The van der Waals surface area contributed by atoms with Crippen molar-refractivity contribution in [3.8, 4) is 0 Å². The van der Waals surface area contributed by atoms with E-state index in [1.165, 1.54) is 0 Å². The van der Waals surface area contributed by atoms with E-state index in [-0.39, 0.29) is 12.3 Å². The predicted molar refractivity (Wildman–Crippen MR) is 78.6 cm³/mol. The lowest BCUT2D eigenvalue weighted by molar-refractivity contribution is -0.142. The third-order valence-electron chi connectivity index (χ3n) is 3.04. The van der Waals surface area contributed by atoms with E-state index >= 15 is 0 Å². The fourth-order valence-corrected chi connectivity index (χ4v) is 1.71. The molecule has 0 heterocycles. The molecule has 0 aliphatic heterocycles. The second-order valence-electron chi connectivity index (χ2n) is 6.22. The number of amides is 1. The van der Waals surface area contributed by atoms with Crippen LogP contribution < -0.4 is 11.1 Å². The first-order valence-electron chi connectivity index (χ1n) is 6.45. The van der Waals surface area contributed by atoms with Crippen LogP contribution in [0, 0.1) is 0 Å². The maximum Gasteiger partial charge on any atom is 0.313 e. The van der Waals surface area contributed by atoms with Crippen LogP contribution in [0.5, 0.6) is 0 Å². The number of nitrogens with one attached hydrogen (secondary N) is 1. The van der Waals surface area contributed by atoms with E-state index in [2.05, 4.69) is 5.32 Å². The molecule has 1 rings (SSSR count). The fraction of sp³-hybridized carbons (Fsp3) is 0.467. The lowest BCUT2D eigenvalue weighted by Gasteiger charge is -2.20. The number of rotatable bonds is 5. The first-order chi connectivity index (χ1) is 9.02. The van der Waals surface area contributed by atoms with Gasteiger partial charge in [0.1, 0.15) is 0 Å². The number of hydrogen-bond acceptors (Lipinski definition) is 3. The standard InChI is InChI=1S/C15H22N2O3/c1-14(2,16)9-12(18)17-11-7-5-10(6-8-11)15(3,4)13(19)20/h5-8H,9,16H2,1-4H3,(H,17,18)(H,19,20). The molecule has 5 heteroatoms. The van der Waals surface area contributed by atoms with Gasteiger partial charge in [-0.15, -0.1) is 0 Å². The molecule has 0 spiro atoms. The Bertz CT molecular complexity index is 499. The Morgan fingerprint density at radius 2 is 1.65 bits per heavy atom. The number of nitrogens with two attached hydrogens (primary N) is 1. The summed E-state index contributed by atoms with van der Waals surface area (Å²) < 4.78 is 0. The molecule has 0 aromatic heterocycles. The molecule has 0 atom stereocenters. The summed E-state index contributed by atoms with van der Waals surface area (Å²) in [4.78, 5) is 22.9. The van der Waals surface area contributed by atoms with Crippen molar-refractivity contribution in [2.75, 3.05) is 5.32 Å². The molecule has 1 amide bonds. The summed E-state index contributed by atoms with van der Waals surface area (Å²) >= 11 is 0. The average Bonchev–Trinajstić information content (AvgIpc) is 2.26. The van der Waals surface area contributed by atoms with Gasteiger partial charge in [0.05, 0.1) is 5.41 Å². The molecule has 20 heavy (non-hydrogen) atoms. The zero-order valence-corrected chi connectivity index (χ0v) is 12.4. The van der Waals surface area contributed by atoms with E-state index in [4.69, 9.17) is 10.8 Å². The highest BCUT2D eigenvalue weighted by Gasteiger charge is 2.29. The normalized spacial score (nSPS) is 12.1. The van der Waals surface area contributed by atoms with E-state index in [1.54, 1.807) is 52.0 Å². The lowest BCUT2D eigenvalue weighted by atomic mass is 9.85. The highest BCUT2D eigenvalue weighted by atomic mass is 16.4. The molecule has 0 saturated heterocycles. The van der Waals surface area contributed by atoms with Crippen molar-refractivity contribution in [1.29, 1.82) is 0 Å². The Hall–Kier alpha value is -1.88. The van der Waals surface area contributed by atoms with Crippen LogP contribution in [0.1, 0.15) is 39.7 Å². The summed E-state index contributed by atoms with van der Waals surface area (Å²) in [6.07, 6.45) is 0.218. The molecule has 110 valence electrons. The topological polar surface area (TPSA) is 92.4 Å². The van der Waals surface area contributed by atoms with Gasteiger partial charge in [0.15, 0.2) is 0 Å². The van der Waals surface area contributed by atoms with Crippen molar-refractivity contribution in [1.82, 2.24) is 0 Å². The van der Waals surface area contributed by atoms with Gasteiger partial charge in [-0.1, -0.05) is 12.1 Å². The maximum atomic E-state index is 11.7. The van der Waals surface area contributed by atoms with Crippen LogP contribution in [-0.4, -0.2) is 22.5 Å². The average molecular weight is 278 g/mol. The van der Waals surface area contributed by atoms with Gasteiger partial charge in [-0.05, 0) is 45.4 Å². The van der Waals surface area contributed by atoms with Crippen LogP contribution in [0.3, 0.4) is 0 Å². The number of hydrogen-bond donors (Lipinski definition) is 3. The molecule has 5 nitrogen and oxygen atoms in total. The van der Waals surface area contributed by atoms with Crippen molar-refractivity contribution in [2.45, 2.75) is 45.1 Å². The smallest absolute Gasteiger partial charge is 0.313 e. The van der Waals surface area contributed by atoms with Gasteiger partial charge in [-0.3, -0.25) is 9.59 Å².